The van der Waals surface area contributed by atoms with Gasteiger partial charge in [-0.1, -0.05) is 12.2 Å². The first kappa shape index (κ1) is 18.0. The number of carbonyl (C=O) groups excluding carboxylic acids is 2. The van der Waals surface area contributed by atoms with Crippen LogP contribution in [0.25, 0.3) is 0 Å². The molecule has 126 valence electrons. The number of thioether (sulfide) groups is 1. The molecule has 2 heterocycles. The fourth-order valence-electron chi connectivity index (χ4n) is 2.29. The van der Waals surface area contributed by atoms with Gasteiger partial charge in [-0.2, -0.15) is 0 Å². The van der Waals surface area contributed by atoms with Crippen LogP contribution in [0.3, 0.4) is 0 Å². The number of hydrogen-bond donors (Lipinski definition) is 3. The summed E-state index contributed by atoms with van der Waals surface area (Å²) in [5.74, 6) is 1.65. The summed E-state index contributed by atoms with van der Waals surface area (Å²) in [6, 6.07) is 2.95. The molecule has 0 spiro atoms. The number of carbonyl (C=O) groups is 2. The third kappa shape index (κ3) is 5.63. The van der Waals surface area contributed by atoms with Gasteiger partial charge in [0.25, 0.3) is 5.91 Å². The normalized spacial score (nSPS) is 15.4. The molecule has 1 aromatic rings. The van der Waals surface area contributed by atoms with Crippen LogP contribution in [0, 0.1) is 4.64 Å². The van der Waals surface area contributed by atoms with E-state index in [0.29, 0.717) is 23.2 Å². The third-order valence-corrected chi connectivity index (χ3v) is 4.87. The van der Waals surface area contributed by atoms with Crippen molar-refractivity contribution in [3.63, 3.8) is 0 Å². The molecule has 4 N–H and O–H groups in total. The van der Waals surface area contributed by atoms with Gasteiger partial charge in [0, 0.05) is 25.0 Å². The van der Waals surface area contributed by atoms with Crippen molar-refractivity contribution >= 4 is 35.8 Å². The Balaban J connectivity index is 1.61. The number of hydrogen-bond acceptors (Lipinski definition) is 5. The number of pyridine rings is 1. The Labute approximate surface area is 145 Å². The first-order valence-corrected chi connectivity index (χ1v) is 9.23. The molecular weight excluding hydrogens is 332 g/mol. The number of aromatic nitrogens is 1. The Morgan fingerprint density at radius 1 is 1.43 bits per heavy atom. The summed E-state index contributed by atoms with van der Waals surface area (Å²) in [6.07, 6.45) is 3.85. The van der Waals surface area contributed by atoms with Crippen LogP contribution in [-0.2, 0) is 4.79 Å². The predicted molar refractivity (Wildman–Crippen MR) is 94.8 cm³/mol. The first-order chi connectivity index (χ1) is 11.1. The molecule has 0 saturated carbocycles. The second-order valence-electron chi connectivity index (χ2n) is 5.44. The van der Waals surface area contributed by atoms with Gasteiger partial charge >= 0.3 is 0 Å². The molecule has 1 saturated heterocycles. The maximum Gasteiger partial charge on any atom is 0.252 e. The van der Waals surface area contributed by atoms with Crippen LogP contribution in [0.5, 0.6) is 0 Å². The lowest BCUT2D eigenvalue weighted by molar-refractivity contribution is -0.131. The van der Waals surface area contributed by atoms with Crippen molar-refractivity contribution in [3.8, 4) is 0 Å². The molecule has 0 aromatic carbocycles. The molecule has 2 amide bonds. The molecule has 1 aliphatic rings. The van der Waals surface area contributed by atoms with E-state index in [2.05, 4.69) is 10.3 Å². The summed E-state index contributed by atoms with van der Waals surface area (Å²) < 4.78 is 0.594. The third-order valence-electron chi connectivity index (χ3n) is 3.66. The lowest BCUT2D eigenvalue weighted by Gasteiger charge is -2.19. The minimum Gasteiger partial charge on any atom is -0.352 e. The smallest absolute Gasteiger partial charge is 0.252 e. The Hall–Kier alpha value is -1.38. The zero-order valence-electron chi connectivity index (χ0n) is 12.9. The van der Waals surface area contributed by atoms with Crippen LogP contribution in [0.1, 0.15) is 29.6 Å². The summed E-state index contributed by atoms with van der Waals surface area (Å²) in [5.41, 5.74) is 6.50. The topological polar surface area (TPSA) is 91.2 Å². The molecule has 6 nitrogen and oxygen atoms in total. The van der Waals surface area contributed by atoms with Crippen molar-refractivity contribution in [2.45, 2.75) is 25.3 Å². The average molecular weight is 355 g/mol. The van der Waals surface area contributed by atoms with E-state index in [1.165, 1.54) is 0 Å². The van der Waals surface area contributed by atoms with Crippen LogP contribution in [-0.4, -0.2) is 52.5 Å². The minimum absolute atomic E-state index is 0.0403. The molecule has 1 fully saturated rings. The number of nitrogens with zero attached hydrogens (tertiary/aromatic N) is 1. The van der Waals surface area contributed by atoms with E-state index in [9.17, 15) is 9.59 Å². The zero-order chi connectivity index (χ0) is 16.7. The number of H-pyrrole nitrogens is 1. The average Bonchev–Trinajstić information content (AvgIpc) is 3.08. The Morgan fingerprint density at radius 2 is 2.26 bits per heavy atom. The van der Waals surface area contributed by atoms with Gasteiger partial charge < -0.3 is 20.9 Å². The van der Waals surface area contributed by atoms with Crippen LogP contribution < -0.4 is 11.1 Å². The largest absolute Gasteiger partial charge is 0.352 e. The van der Waals surface area contributed by atoms with Gasteiger partial charge in [-0.15, -0.1) is 11.8 Å². The highest BCUT2D eigenvalue weighted by Gasteiger charge is 2.23. The quantitative estimate of drug-likeness (QED) is 0.510. The first-order valence-electron chi connectivity index (χ1n) is 7.67. The van der Waals surface area contributed by atoms with Gasteiger partial charge in [0.1, 0.15) is 4.64 Å². The highest BCUT2D eigenvalue weighted by molar-refractivity contribution is 7.99. The maximum absolute atomic E-state index is 12.0. The predicted octanol–water partition coefficient (Wildman–Crippen LogP) is 1.50. The number of unbranched alkanes of at least 4 members (excludes halogenated alkanes) is 1. The maximum atomic E-state index is 12.0. The van der Waals surface area contributed by atoms with Crippen molar-refractivity contribution < 1.29 is 9.59 Å². The number of nitrogens with two attached hydrogens (primary N) is 1. The van der Waals surface area contributed by atoms with Gasteiger partial charge in [0.15, 0.2) is 0 Å². The molecule has 2 rings (SSSR count). The van der Waals surface area contributed by atoms with Crippen molar-refractivity contribution in [2.24, 2.45) is 5.73 Å². The summed E-state index contributed by atoms with van der Waals surface area (Å²) in [6.45, 7) is 1.36. The molecule has 23 heavy (non-hydrogen) atoms. The van der Waals surface area contributed by atoms with E-state index in [0.717, 1.165) is 31.0 Å². The second-order valence-corrected chi connectivity index (χ2v) is 6.95. The summed E-state index contributed by atoms with van der Waals surface area (Å²) >= 11 is 6.69. The van der Waals surface area contributed by atoms with Crippen molar-refractivity contribution in [1.82, 2.24) is 15.2 Å². The Morgan fingerprint density at radius 3 is 2.91 bits per heavy atom. The molecule has 0 bridgehead atoms. The van der Waals surface area contributed by atoms with Gasteiger partial charge in [0.05, 0.1) is 17.5 Å². The van der Waals surface area contributed by atoms with Gasteiger partial charge in [-0.25, -0.2) is 0 Å². The van der Waals surface area contributed by atoms with Crippen molar-refractivity contribution in [3.05, 3.63) is 28.5 Å². The molecule has 0 radical (unpaired) electrons. The lowest BCUT2D eigenvalue weighted by atomic mass is 10.1. The highest BCUT2D eigenvalue weighted by Crippen LogP contribution is 2.15. The van der Waals surface area contributed by atoms with Gasteiger partial charge in [-0.3, -0.25) is 9.59 Å². The summed E-state index contributed by atoms with van der Waals surface area (Å²) in [5, 5.41) is 2.84. The molecule has 8 heteroatoms. The summed E-state index contributed by atoms with van der Waals surface area (Å²) in [7, 11) is 0. The van der Waals surface area contributed by atoms with Crippen LogP contribution in [0.4, 0.5) is 0 Å². The SMILES string of the molecule is NC(CCCCNC(=O)c1ccc(=S)[nH]c1)C(=O)N1CCSC1. The molecule has 1 aliphatic heterocycles. The van der Waals surface area contributed by atoms with E-state index in [1.54, 1.807) is 30.1 Å². The fourth-order valence-corrected chi connectivity index (χ4v) is 3.37. The van der Waals surface area contributed by atoms with Gasteiger partial charge in [0.2, 0.25) is 5.91 Å². The lowest BCUT2D eigenvalue weighted by Crippen LogP contribution is -2.42. The monoisotopic (exact) mass is 354 g/mol. The second kappa shape index (κ2) is 9.05. The molecule has 1 unspecified atom stereocenters. The fraction of sp³-hybridized carbons (Fsp3) is 0.533. The van der Waals surface area contributed by atoms with Crippen LogP contribution in [0.15, 0.2) is 18.3 Å². The van der Waals surface area contributed by atoms with E-state index >= 15 is 0 Å². The Bertz CT molecular complexity index is 579. The Kier molecular flexibility index (Phi) is 7.07. The standard InChI is InChI=1S/C15H22N4O2S2/c16-12(15(21)19-7-8-23-10-19)3-1-2-6-17-14(20)11-4-5-13(22)18-9-11/h4-5,9,12H,1-3,6-8,10,16H2,(H,17,20)(H,18,22). The van der Waals surface area contributed by atoms with Crippen LogP contribution in [0.2, 0.25) is 0 Å². The number of amides is 2. The highest BCUT2D eigenvalue weighted by atomic mass is 32.2. The summed E-state index contributed by atoms with van der Waals surface area (Å²) in [4.78, 5) is 28.6. The van der Waals surface area contributed by atoms with E-state index in [1.807, 2.05) is 4.90 Å². The van der Waals surface area contributed by atoms with Crippen LogP contribution >= 0.6 is 24.0 Å². The molecule has 1 atom stereocenters. The zero-order valence-corrected chi connectivity index (χ0v) is 14.5. The molecule has 0 aliphatic carbocycles. The van der Waals surface area contributed by atoms with Gasteiger partial charge in [-0.05, 0) is 31.4 Å². The van der Waals surface area contributed by atoms with Crippen molar-refractivity contribution in [1.29, 1.82) is 0 Å². The van der Waals surface area contributed by atoms with E-state index in [4.69, 9.17) is 18.0 Å². The number of aromatic amines is 1. The number of rotatable bonds is 7. The van der Waals surface area contributed by atoms with E-state index in [-0.39, 0.29) is 11.8 Å². The van der Waals surface area contributed by atoms with E-state index < -0.39 is 6.04 Å². The number of nitrogens with one attached hydrogen (secondary N) is 2. The minimum atomic E-state index is -0.432. The molecule has 1 aromatic heterocycles. The molecular formula is C15H22N4O2S2. The van der Waals surface area contributed by atoms with Crippen molar-refractivity contribution in [2.75, 3.05) is 24.7 Å².